The second-order valence-electron chi connectivity index (χ2n) is 4.67. The summed E-state index contributed by atoms with van der Waals surface area (Å²) in [5.41, 5.74) is 6.64. The molecule has 0 fully saturated rings. The maximum absolute atomic E-state index is 9.97. The summed E-state index contributed by atoms with van der Waals surface area (Å²) in [5, 5.41) is 0. The molecule has 0 aliphatic heterocycles. The van der Waals surface area contributed by atoms with Crippen molar-refractivity contribution in [3.05, 3.63) is 12.7 Å². The van der Waals surface area contributed by atoms with Crippen LogP contribution in [-0.4, -0.2) is 52.0 Å². The van der Waals surface area contributed by atoms with Gasteiger partial charge in [0.05, 0.1) is 12.9 Å². The van der Waals surface area contributed by atoms with Crippen molar-refractivity contribution in [1.29, 1.82) is 0 Å². The highest BCUT2D eigenvalue weighted by molar-refractivity contribution is 8.18. The molecule has 146 valence electrons. The zero-order chi connectivity index (χ0) is 19.6. The van der Waals surface area contributed by atoms with E-state index in [9.17, 15) is 9.79 Å². The third-order valence-corrected chi connectivity index (χ3v) is 9.35. The minimum atomic E-state index is -4.27. The number of nitrogens with two attached hydrogens (primary N) is 1. The molecule has 6 N–H and O–H groups in total. The normalized spacial score (nSPS) is 17.1. The second kappa shape index (κ2) is 8.58. The number of imidazole rings is 1. The van der Waals surface area contributed by atoms with E-state index < -0.39 is 26.3 Å². The molecule has 2 aromatic heterocycles. The van der Waals surface area contributed by atoms with Gasteiger partial charge in [-0.1, -0.05) is 0 Å². The number of fused-ring (bicyclic) bond motifs is 1. The van der Waals surface area contributed by atoms with Crippen molar-refractivity contribution in [3.63, 3.8) is 0 Å². The molecule has 2 aromatic rings. The van der Waals surface area contributed by atoms with Crippen LogP contribution >= 0.6 is 19.9 Å². The molecule has 12 nitrogen and oxygen atoms in total. The van der Waals surface area contributed by atoms with Gasteiger partial charge in [-0.3, -0.25) is 0 Å². The Labute approximate surface area is 162 Å². The van der Waals surface area contributed by atoms with Gasteiger partial charge in [0.2, 0.25) is 6.49 Å². The lowest BCUT2D eigenvalue weighted by molar-refractivity contribution is 0.158. The van der Waals surface area contributed by atoms with Crippen LogP contribution < -0.4 is 5.73 Å². The number of aromatic nitrogens is 4. The third-order valence-electron chi connectivity index (χ3n) is 2.60. The Hall–Kier alpha value is 0.0200. The van der Waals surface area contributed by atoms with E-state index in [1.54, 1.807) is 4.57 Å². The van der Waals surface area contributed by atoms with E-state index in [0.29, 0.717) is 17.7 Å². The van der Waals surface area contributed by atoms with E-state index in [1.807, 2.05) is 0 Å². The molecule has 0 aliphatic carbocycles. The Bertz CT molecular complexity index is 935. The van der Waals surface area contributed by atoms with Crippen LogP contribution in [0, 0.1) is 0 Å². The number of hydrogen-bond donors (Lipinski definition) is 5. The summed E-state index contributed by atoms with van der Waals surface area (Å²) in [7, 11) is 0. The molecule has 2 rings (SSSR count). The number of nitrogens with zero attached hydrogens (tertiary/aromatic N) is 4. The lowest BCUT2D eigenvalue weighted by Gasteiger charge is -2.22. The van der Waals surface area contributed by atoms with Gasteiger partial charge in [0.1, 0.15) is 18.2 Å². The molecule has 0 bridgehead atoms. The highest BCUT2D eigenvalue weighted by atomic mass is 32.5. The molecule has 0 saturated heterocycles. The van der Waals surface area contributed by atoms with Gasteiger partial charge < -0.3 is 34.6 Å². The van der Waals surface area contributed by atoms with Crippen LogP contribution in [0.25, 0.3) is 11.2 Å². The van der Waals surface area contributed by atoms with E-state index in [0.717, 1.165) is 0 Å². The number of hydrogen-bond acceptors (Lipinski definition) is 10. The SMILES string of the molecule is Nc1ncnc2c1ncn2CCOCP(O)(=S)OP(O)(=S)OP(O)(O)=S. The fourth-order valence-electron chi connectivity index (χ4n) is 1.74. The van der Waals surface area contributed by atoms with Crippen LogP contribution in [0.5, 0.6) is 0 Å². The van der Waals surface area contributed by atoms with Gasteiger partial charge in [-0.2, -0.15) is 0 Å². The lowest BCUT2D eigenvalue weighted by Crippen LogP contribution is -2.08. The van der Waals surface area contributed by atoms with Gasteiger partial charge in [0.15, 0.2) is 11.5 Å². The summed E-state index contributed by atoms with van der Waals surface area (Å²) in [6.07, 6.45) is 2.34. The summed E-state index contributed by atoms with van der Waals surface area (Å²) < 4.78 is 15.9. The lowest BCUT2D eigenvalue weighted by atomic mass is 10.5. The van der Waals surface area contributed by atoms with Crippen molar-refractivity contribution in [2.24, 2.45) is 0 Å². The molecular weight excluding hydrogens is 467 g/mol. The van der Waals surface area contributed by atoms with E-state index in [2.05, 4.69) is 42.9 Å². The standard InChI is InChI=1S/C8H14N5O7P3S3/c9-7-6-8(11-3-10-7)13(4-12-6)1-2-18-5-21(14,24)19-23(17,26)20-22(15,16)25/h3-4H,1-2,5H2,(H,14,24)(H,17,26)(H2,9,10,11)(H2,15,16,25). The van der Waals surface area contributed by atoms with Crippen molar-refractivity contribution in [3.8, 4) is 0 Å². The van der Waals surface area contributed by atoms with Gasteiger partial charge >= 0.3 is 13.4 Å². The minimum Gasteiger partial charge on any atom is -0.382 e. The number of nitrogen functional groups attached to an aromatic ring is 1. The monoisotopic (exact) mass is 481 g/mol. The highest BCUT2D eigenvalue weighted by Gasteiger charge is 2.31. The van der Waals surface area contributed by atoms with E-state index in [4.69, 9.17) is 36.4 Å². The maximum Gasteiger partial charge on any atom is 0.337 e. The first kappa shape index (κ1) is 22.3. The molecular formula is C8H14N5O7P3S3. The Balaban J connectivity index is 1.88. The van der Waals surface area contributed by atoms with Crippen molar-refractivity contribution in [1.82, 2.24) is 19.5 Å². The highest BCUT2D eigenvalue weighted by Crippen LogP contribution is 2.66. The molecule has 18 heteroatoms. The van der Waals surface area contributed by atoms with Crippen LogP contribution in [0.4, 0.5) is 5.82 Å². The Kier molecular flexibility index (Phi) is 7.36. The molecule has 2 heterocycles. The zero-order valence-corrected chi connectivity index (χ0v) is 17.9. The first-order valence-electron chi connectivity index (χ1n) is 6.50. The summed E-state index contributed by atoms with van der Waals surface area (Å²) >= 11 is 13.5. The number of rotatable bonds is 9. The maximum atomic E-state index is 9.97. The quantitative estimate of drug-likeness (QED) is 0.241. The minimum absolute atomic E-state index is 0.0881. The van der Waals surface area contributed by atoms with Crippen LogP contribution in [0.3, 0.4) is 0 Å². The topological polar surface area (TPSA) is 178 Å². The predicted octanol–water partition coefficient (Wildman–Crippen LogP) is 0.143. The fraction of sp³-hybridized carbons (Fsp3) is 0.375. The van der Waals surface area contributed by atoms with E-state index in [-0.39, 0.29) is 12.4 Å². The summed E-state index contributed by atoms with van der Waals surface area (Å²) in [5.74, 6) is 0.246. The molecule has 0 aliphatic rings. The molecule has 2 unspecified atom stereocenters. The summed E-state index contributed by atoms with van der Waals surface area (Å²) in [6, 6.07) is 0. The molecule has 0 radical (unpaired) electrons. The molecule has 0 aromatic carbocycles. The van der Waals surface area contributed by atoms with Crippen molar-refractivity contribution >= 4 is 72.3 Å². The van der Waals surface area contributed by atoms with Crippen LogP contribution in [0.15, 0.2) is 12.7 Å². The van der Waals surface area contributed by atoms with E-state index in [1.165, 1.54) is 12.7 Å². The summed E-state index contributed by atoms with van der Waals surface area (Å²) in [6.45, 7) is -11.8. The average Bonchev–Trinajstić information content (AvgIpc) is 2.84. The third kappa shape index (κ3) is 6.88. The van der Waals surface area contributed by atoms with Gasteiger partial charge in [0, 0.05) is 6.54 Å². The smallest absolute Gasteiger partial charge is 0.337 e. The van der Waals surface area contributed by atoms with E-state index >= 15 is 0 Å². The second-order valence-corrected chi connectivity index (χ2v) is 13.9. The molecule has 0 saturated carbocycles. The Morgan fingerprint density at radius 3 is 2.42 bits per heavy atom. The molecule has 2 atom stereocenters. The van der Waals surface area contributed by atoms with Gasteiger partial charge in [-0.25, -0.2) is 23.6 Å². The first-order valence-corrected chi connectivity index (χ1v) is 14.6. The number of anilines is 1. The van der Waals surface area contributed by atoms with Crippen LogP contribution in [0.2, 0.25) is 0 Å². The van der Waals surface area contributed by atoms with Crippen LogP contribution in [0.1, 0.15) is 0 Å². The van der Waals surface area contributed by atoms with Crippen molar-refractivity contribution in [2.45, 2.75) is 6.54 Å². The van der Waals surface area contributed by atoms with Crippen molar-refractivity contribution in [2.75, 3.05) is 18.7 Å². The largest absolute Gasteiger partial charge is 0.382 e. The molecule has 0 spiro atoms. The fourth-order valence-corrected chi connectivity index (χ4v) is 9.48. The van der Waals surface area contributed by atoms with Gasteiger partial charge in [-0.05, 0) is 35.4 Å². The Morgan fingerprint density at radius 1 is 1.08 bits per heavy atom. The Morgan fingerprint density at radius 2 is 1.77 bits per heavy atom. The van der Waals surface area contributed by atoms with Gasteiger partial charge in [-0.15, -0.1) is 0 Å². The van der Waals surface area contributed by atoms with Crippen molar-refractivity contribution < 1.29 is 32.9 Å². The molecule has 26 heavy (non-hydrogen) atoms. The summed E-state index contributed by atoms with van der Waals surface area (Å²) in [4.78, 5) is 49.6. The zero-order valence-electron chi connectivity index (χ0n) is 12.7. The first-order chi connectivity index (χ1) is 11.9. The molecule has 0 amide bonds. The van der Waals surface area contributed by atoms with Crippen LogP contribution in [-0.2, 0) is 55.3 Å². The average molecular weight is 481 g/mol. The predicted molar refractivity (Wildman–Crippen MR) is 104 cm³/mol. The van der Waals surface area contributed by atoms with Gasteiger partial charge in [0.25, 0.3) is 0 Å². The number of ether oxygens (including phenoxy) is 1.